The predicted octanol–water partition coefficient (Wildman–Crippen LogP) is 1.13. The SMILES string of the molecule is [C-]#CCOCc1ncc(C(=O)OC)c(-c2cccc(Cl)c2Cl)c1C(=O)OCC.[Li+]. The minimum Gasteiger partial charge on any atom is -0.691 e. The monoisotopic (exact) mass is 427 g/mol. The first kappa shape index (κ1) is 25.0. The van der Waals surface area contributed by atoms with Crippen molar-refractivity contribution in [2.24, 2.45) is 0 Å². The number of carbonyl (C=O) groups is 2. The minimum atomic E-state index is -0.704. The van der Waals surface area contributed by atoms with Crippen LogP contribution in [0.25, 0.3) is 11.1 Å². The Labute approximate surface area is 191 Å². The third-order valence-corrected chi connectivity index (χ3v) is 4.50. The Balaban J connectivity index is 0.00000420. The number of pyridine rings is 1. The molecule has 0 atom stereocenters. The number of methoxy groups -OCH3 is 1. The molecule has 0 aliphatic heterocycles. The van der Waals surface area contributed by atoms with Crippen molar-refractivity contribution in [3.8, 4) is 17.0 Å². The molecule has 0 unspecified atom stereocenters. The smallest absolute Gasteiger partial charge is 0.691 e. The molecule has 0 spiro atoms. The number of benzene rings is 1. The second kappa shape index (κ2) is 11.9. The van der Waals surface area contributed by atoms with E-state index in [1.54, 1.807) is 25.1 Å². The molecule has 9 heteroatoms. The van der Waals surface area contributed by atoms with Crippen molar-refractivity contribution >= 4 is 35.1 Å². The summed E-state index contributed by atoms with van der Waals surface area (Å²) in [4.78, 5) is 29.3. The average Bonchev–Trinajstić information content (AvgIpc) is 2.69. The molecule has 0 saturated heterocycles. The number of ether oxygens (including phenoxy) is 3. The van der Waals surface area contributed by atoms with Crippen LogP contribution in [0.1, 0.15) is 33.3 Å². The van der Waals surface area contributed by atoms with Crippen molar-refractivity contribution in [3.63, 3.8) is 0 Å². The normalized spacial score (nSPS) is 9.90. The molecule has 0 aliphatic carbocycles. The Morgan fingerprint density at radius 3 is 2.59 bits per heavy atom. The minimum absolute atomic E-state index is 0. The van der Waals surface area contributed by atoms with Crippen molar-refractivity contribution < 1.29 is 42.7 Å². The van der Waals surface area contributed by atoms with E-state index in [9.17, 15) is 9.59 Å². The third kappa shape index (κ3) is 5.76. The standard InChI is InChI=1S/C20H16Cl2NO5.Li/c1-4-9-27-11-15-17(20(25)28-5-2)16(13(10-23-15)19(24)26-3)12-7-6-8-14(21)18(12)22;/h6-8,10H,5,9,11H2,2-3H3;/q-1;+1. The van der Waals surface area contributed by atoms with Crippen LogP contribution in [-0.2, 0) is 20.8 Å². The van der Waals surface area contributed by atoms with E-state index in [0.29, 0.717) is 5.56 Å². The van der Waals surface area contributed by atoms with Gasteiger partial charge in [-0.2, -0.15) is 0 Å². The van der Waals surface area contributed by atoms with E-state index in [4.69, 9.17) is 43.8 Å². The van der Waals surface area contributed by atoms with Gasteiger partial charge in [-0.25, -0.2) is 9.59 Å². The van der Waals surface area contributed by atoms with E-state index in [1.165, 1.54) is 13.3 Å². The first-order valence-electron chi connectivity index (χ1n) is 8.15. The summed E-state index contributed by atoms with van der Waals surface area (Å²) in [5.74, 6) is 0.676. The molecule has 0 amide bonds. The van der Waals surface area contributed by atoms with Gasteiger partial charge >= 0.3 is 30.8 Å². The summed E-state index contributed by atoms with van der Waals surface area (Å²) in [7, 11) is 1.21. The summed E-state index contributed by atoms with van der Waals surface area (Å²) in [6.07, 6.45) is 8.21. The Bertz CT molecular complexity index is 943. The van der Waals surface area contributed by atoms with Gasteiger partial charge in [0.2, 0.25) is 0 Å². The second-order valence-corrected chi connectivity index (χ2v) is 6.14. The Hall–Kier alpha value is -1.99. The fourth-order valence-electron chi connectivity index (χ4n) is 2.52. The van der Waals surface area contributed by atoms with Crippen LogP contribution in [0, 0.1) is 12.3 Å². The molecule has 6 nitrogen and oxygen atoms in total. The number of esters is 2. The van der Waals surface area contributed by atoms with Crippen LogP contribution in [-0.4, -0.2) is 37.2 Å². The molecule has 29 heavy (non-hydrogen) atoms. The molecule has 1 aromatic carbocycles. The summed E-state index contributed by atoms with van der Waals surface area (Å²) in [5, 5.41) is 0.406. The molecular weight excluding hydrogens is 412 g/mol. The molecule has 0 saturated carbocycles. The predicted molar refractivity (Wildman–Crippen MR) is 104 cm³/mol. The maximum absolute atomic E-state index is 12.8. The molecule has 1 aromatic heterocycles. The van der Waals surface area contributed by atoms with Gasteiger partial charge in [0.25, 0.3) is 0 Å². The molecule has 0 fully saturated rings. The molecule has 0 aliphatic rings. The van der Waals surface area contributed by atoms with E-state index in [0.717, 1.165) is 0 Å². The van der Waals surface area contributed by atoms with Crippen LogP contribution in [0.3, 0.4) is 0 Å². The number of carbonyl (C=O) groups excluding carboxylic acids is 2. The number of hydrogen-bond donors (Lipinski definition) is 0. The van der Waals surface area contributed by atoms with Crippen molar-refractivity contribution in [2.75, 3.05) is 20.3 Å². The first-order valence-corrected chi connectivity index (χ1v) is 8.90. The topological polar surface area (TPSA) is 74.7 Å². The number of aromatic nitrogens is 1. The van der Waals surface area contributed by atoms with Crippen LogP contribution < -0.4 is 18.9 Å². The van der Waals surface area contributed by atoms with Gasteiger partial charge in [-0.15, -0.1) is 0 Å². The largest absolute Gasteiger partial charge is 1.00 e. The Kier molecular flexibility index (Phi) is 10.3. The number of nitrogens with zero attached hydrogens (tertiary/aromatic N) is 1. The third-order valence-electron chi connectivity index (χ3n) is 3.68. The van der Waals surface area contributed by atoms with Crippen molar-refractivity contribution in [1.29, 1.82) is 0 Å². The number of rotatable bonds is 7. The zero-order valence-electron chi connectivity index (χ0n) is 16.2. The summed E-state index contributed by atoms with van der Waals surface area (Å²) < 4.78 is 15.3. The van der Waals surface area contributed by atoms with Crippen molar-refractivity contribution in [2.45, 2.75) is 13.5 Å². The maximum Gasteiger partial charge on any atom is 1.00 e. The van der Waals surface area contributed by atoms with E-state index in [1.807, 2.05) is 0 Å². The summed E-state index contributed by atoms with van der Waals surface area (Å²) in [5.41, 5.74) is 0.786. The Morgan fingerprint density at radius 1 is 1.24 bits per heavy atom. The molecule has 0 bridgehead atoms. The van der Waals surface area contributed by atoms with Gasteiger partial charge in [0.15, 0.2) is 0 Å². The summed E-state index contributed by atoms with van der Waals surface area (Å²) >= 11 is 12.5. The van der Waals surface area contributed by atoms with Crippen molar-refractivity contribution in [1.82, 2.24) is 4.98 Å². The van der Waals surface area contributed by atoms with Gasteiger partial charge in [0, 0.05) is 17.3 Å². The maximum atomic E-state index is 12.8. The molecule has 2 aromatic rings. The van der Waals surface area contributed by atoms with Gasteiger partial charge in [-0.05, 0) is 13.0 Å². The number of hydrogen-bond acceptors (Lipinski definition) is 6. The summed E-state index contributed by atoms with van der Waals surface area (Å²) in [6.45, 7) is 1.57. The van der Waals surface area contributed by atoms with E-state index in [-0.39, 0.29) is 71.1 Å². The zero-order valence-corrected chi connectivity index (χ0v) is 17.7. The zero-order chi connectivity index (χ0) is 20.7. The van der Waals surface area contributed by atoms with Crippen LogP contribution in [0.4, 0.5) is 0 Å². The van der Waals surface area contributed by atoms with E-state index < -0.39 is 11.9 Å². The van der Waals surface area contributed by atoms with Gasteiger partial charge in [-0.1, -0.05) is 35.3 Å². The van der Waals surface area contributed by atoms with Gasteiger partial charge < -0.3 is 26.6 Å². The molecule has 2 rings (SSSR count). The first-order chi connectivity index (χ1) is 13.5. The molecule has 1 heterocycles. The van der Waals surface area contributed by atoms with E-state index in [2.05, 4.69) is 10.9 Å². The van der Waals surface area contributed by atoms with E-state index >= 15 is 0 Å². The molecular formula is C20H16Cl2LiNO5. The average molecular weight is 428 g/mol. The van der Waals surface area contributed by atoms with Gasteiger partial charge in [0.05, 0.1) is 53.8 Å². The van der Waals surface area contributed by atoms with Crippen LogP contribution >= 0.6 is 23.2 Å². The quantitative estimate of drug-likeness (QED) is 0.217. The second-order valence-electron chi connectivity index (χ2n) is 5.35. The molecule has 146 valence electrons. The Morgan fingerprint density at radius 2 is 1.97 bits per heavy atom. The van der Waals surface area contributed by atoms with Crippen LogP contribution in [0.5, 0.6) is 0 Å². The fraction of sp³-hybridized carbons (Fsp3) is 0.250. The molecule has 0 radical (unpaired) electrons. The fourth-order valence-corrected chi connectivity index (χ4v) is 2.92. The summed E-state index contributed by atoms with van der Waals surface area (Å²) in [6, 6.07) is 4.84. The van der Waals surface area contributed by atoms with Gasteiger partial charge in [-0.3, -0.25) is 4.98 Å². The van der Waals surface area contributed by atoms with Gasteiger partial charge in [0.1, 0.15) is 0 Å². The van der Waals surface area contributed by atoms with Crippen molar-refractivity contribution in [3.05, 3.63) is 57.7 Å². The van der Waals surface area contributed by atoms with Crippen LogP contribution in [0.2, 0.25) is 10.0 Å². The van der Waals surface area contributed by atoms with Crippen LogP contribution in [0.15, 0.2) is 24.4 Å². The number of halogens is 2. The molecule has 0 N–H and O–H groups in total.